The summed E-state index contributed by atoms with van der Waals surface area (Å²) in [6, 6.07) is 12.2. The van der Waals surface area contributed by atoms with Gasteiger partial charge in [-0.25, -0.2) is 0 Å². The van der Waals surface area contributed by atoms with Crippen molar-refractivity contribution in [2.45, 2.75) is 18.7 Å². The largest absolute Gasteiger partial charge is 0.497 e. The van der Waals surface area contributed by atoms with Crippen LogP contribution in [0.25, 0.3) is 0 Å². The number of halogens is 2. The van der Waals surface area contributed by atoms with E-state index in [9.17, 15) is 0 Å². The zero-order chi connectivity index (χ0) is 14.0. The normalized spacial score (nSPS) is 12.3. The SMILES string of the molecule is COc1ccc(C(Br)c2cc(C)ccc2C)c(Cl)c1. The van der Waals surface area contributed by atoms with E-state index in [-0.39, 0.29) is 4.83 Å². The van der Waals surface area contributed by atoms with Gasteiger partial charge < -0.3 is 4.74 Å². The summed E-state index contributed by atoms with van der Waals surface area (Å²) in [6.07, 6.45) is 0. The van der Waals surface area contributed by atoms with Gasteiger partial charge in [0.25, 0.3) is 0 Å². The molecule has 1 unspecified atom stereocenters. The average molecular weight is 340 g/mol. The number of ether oxygens (including phenoxy) is 1. The van der Waals surface area contributed by atoms with Crippen LogP contribution in [-0.4, -0.2) is 7.11 Å². The Kier molecular flexibility index (Phi) is 4.54. The summed E-state index contributed by atoms with van der Waals surface area (Å²) < 4.78 is 5.18. The smallest absolute Gasteiger partial charge is 0.120 e. The van der Waals surface area contributed by atoms with Gasteiger partial charge in [-0.2, -0.15) is 0 Å². The molecule has 0 fully saturated rings. The molecule has 2 aromatic carbocycles. The van der Waals surface area contributed by atoms with E-state index in [4.69, 9.17) is 16.3 Å². The Morgan fingerprint density at radius 3 is 2.42 bits per heavy atom. The first-order chi connectivity index (χ1) is 9.02. The second kappa shape index (κ2) is 5.98. The van der Waals surface area contributed by atoms with Gasteiger partial charge in [0.1, 0.15) is 5.75 Å². The van der Waals surface area contributed by atoms with E-state index in [0.717, 1.165) is 11.3 Å². The van der Waals surface area contributed by atoms with Crippen LogP contribution in [0.1, 0.15) is 27.1 Å². The predicted molar refractivity (Wildman–Crippen MR) is 84.7 cm³/mol. The van der Waals surface area contributed by atoms with E-state index in [0.29, 0.717) is 5.02 Å². The van der Waals surface area contributed by atoms with Gasteiger partial charge >= 0.3 is 0 Å². The highest BCUT2D eigenvalue weighted by molar-refractivity contribution is 9.09. The van der Waals surface area contributed by atoms with Gasteiger partial charge in [-0.05, 0) is 42.7 Å². The number of hydrogen-bond donors (Lipinski definition) is 0. The van der Waals surface area contributed by atoms with Crippen LogP contribution in [0.4, 0.5) is 0 Å². The molecule has 0 heterocycles. The van der Waals surface area contributed by atoms with Crippen LogP contribution in [0.5, 0.6) is 5.75 Å². The minimum Gasteiger partial charge on any atom is -0.497 e. The Balaban J connectivity index is 2.43. The summed E-state index contributed by atoms with van der Waals surface area (Å²) in [6.45, 7) is 4.21. The quantitative estimate of drug-likeness (QED) is 0.676. The maximum absolute atomic E-state index is 6.34. The molecule has 0 aromatic heterocycles. The molecule has 2 rings (SSSR count). The Morgan fingerprint density at radius 2 is 1.79 bits per heavy atom. The molecular weight excluding hydrogens is 324 g/mol. The summed E-state index contributed by atoms with van der Waals surface area (Å²) in [4.78, 5) is 0.0887. The third-order valence-electron chi connectivity index (χ3n) is 3.19. The molecule has 0 spiro atoms. The molecule has 0 saturated carbocycles. The standard InChI is InChI=1S/C16H16BrClO/c1-10-4-5-11(2)14(8-10)16(17)13-7-6-12(19-3)9-15(13)18/h4-9,16H,1-3H3. The number of alkyl halides is 1. The summed E-state index contributed by atoms with van der Waals surface area (Å²) in [5.41, 5.74) is 4.79. The molecule has 0 aliphatic carbocycles. The zero-order valence-corrected chi connectivity index (χ0v) is 13.5. The highest BCUT2D eigenvalue weighted by atomic mass is 79.9. The molecule has 0 amide bonds. The van der Waals surface area contributed by atoms with Crippen LogP contribution in [0.15, 0.2) is 36.4 Å². The van der Waals surface area contributed by atoms with E-state index >= 15 is 0 Å². The number of rotatable bonds is 3. The molecule has 2 aromatic rings. The van der Waals surface area contributed by atoms with Crippen molar-refractivity contribution in [3.63, 3.8) is 0 Å². The first kappa shape index (κ1) is 14.4. The topological polar surface area (TPSA) is 9.23 Å². The third kappa shape index (κ3) is 3.13. The lowest BCUT2D eigenvalue weighted by Gasteiger charge is -2.16. The van der Waals surface area contributed by atoms with Crippen molar-refractivity contribution < 1.29 is 4.74 Å². The summed E-state index contributed by atoms with van der Waals surface area (Å²) >= 11 is 10.1. The first-order valence-corrected chi connectivity index (χ1v) is 7.37. The number of benzene rings is 2. The number of aryl methyl sites for hydroxylation is 2. The zero-order valence-electron chi connectivity index (χ0n) is 11.2. The van der Waals surface area contributed by atoms with Crippen molar-refractivity contribution in [3.8, 4) is 5.75 Å². The van der Waals surface area contributed by atoms with E-state index in [2.05, 4.69) is 48.0 Å². The summed E-state index contributed by atoms with van der Waals surface area (Å²) in [5, 5.41) is 0.710. The molecule has 0 aliphatic heterocycles. The van der Waals surface area contributed by atoms with Crippen molar-refractivity contribution in [1.29, 1.82) is 0 Å². The fourth-order valence-corrected chi connectivity index (χ4v) is 3.34. The maximum atomic E-state index is 6.34. The van der Waals surface area contributed by atoms with E-state index in [1.165, 1.54) is 16.7 Å². The average Bonchev–Trinajstić information content (AvgIpc) is 2.40. The molecule has 0 radical (unpaired) electrons. The molecule has 1 atom stereocenters. The molecule has 1 nitrogen and oxygen atoms in total. The van der Waals surface area contributed by atoms with Gasteiger partial charge in [0.2, 0.25) is 0 Å². The minimum atomic E-state index is 0.0887. The van der Waals surface area contributed by atoms with Crippen LogP contribution in [-0.2, 0) is 0 Å². The van der Waals surface area contributed by atoms with E-state index < -0.39 is 0 Å². The van der Waals surface area contributed by atoms with Gasteiger partial charge in [-0.15, -0.1) is 0 Å². The van der Waals surface area contributed by atoms with Crippen molar-refractivity contribution >= 4 is 27.5 Å². The van der Waals surface area contributed by atoms with Crippen LogP contribution in [0.3, 0.4) is 0 Å². The van der Waals surface area contributed by atoms with Gasteiger partial charge in [-0.1, -0.05) is 57.4 Å². The molecule has 0 saturated heterocycles. The second-order valence-electron chi connectivity index (χ2n) is 4.61. The third-order valence-corrected chi connectivity index (χ3v) is 4.50. The highest BCUT2D eigenvalue weighted by Crippen LogP contribution is 2.38. The van der Waals surface area contributed by atoms with E-state index in [1.807, 2.05) is 18.2 Å². The molecular formula is C16H16BrClO. The lowest BCUT2D eigenvalue weighted by atomic mass is 9.98. The Labute approximate surface area is 127 Å². The Morgan fingerprint density at radius 1 is 1.05 bits per heavy atom. The maximum Gasteiger partial charge on any atom is 0.120 e. The van der Waals surface area contributed by atoms with Crippen molar-refractivity contribution in [1.82, 2.24) is 0 Å². The van der Waals surface area contributed by atoms with Gasteiger partial charge in [0, 0.05) is 5.02 Å². The van der Waals surface area contributed by atoms with Crippen molar-refractivity contribution in [3.05, 3.63) is 63.7 Å². The lowest BCUT2D eigenvalue weighted by molar-refractivity contribution is 0.414. The van der Waals surface area contributed by atoms with Crippen LogP contribution >= 0.6 is 27.5 Å². The minimum absolute atomic E-state index is 0.0887. The highest BCUT2D eigenvalue weighted by Gasteiger charge is 2.16. The Bertz CT molecular complexity index is 595. The van der Waals surface area contributed by atoms with Crippen LogP contribution in [0, 0.1) is 13.8 Å². The van der Waals surface area contributed by atoms with Crippen LogP contribution in [0.2, 0.25) is 5.02 Å². The lowest BCUT2D eigenvalue weighted by Crippen LogP contribution is -1.98. The van der Waals surface area contributed by atoms with Gasteiger partial charge in [-0.3, -0.25) is 0 Å². The molecule has 3 heteroatoms. The molecule has 0 N–H and O–H groups in total. The van der Waals surface area contributed by atoms with Gasteiger partial charge in [0.15, 0.2) is 0 Å². The van der Waals surface area contributed by atoms with Gasteiger partial charge in [0.05, 0.1) is 11.9 Å². The second-order valence-corrected chi connectivity index (χ2v) is 5.93. The fraction of sp³-hybridized carbons (Fsp3) is 0.250. The van der Waals surface area contributed by atoms with Crippen molar-refractivity contribution in [2.75, 3.05) is 7.11 Å². The first-order valence-electron chi connectivity index (χ1n) is 6.07. The van der Waals surface area contributed by atoms with Crippen molar-refractivity contribution in [2.24, 2.45) is 0 Å². The number of methoxy groups -OCH3 is 1. The predicted octanol–water partition coefficient (Wildman–Crippen LogP) is 5.45. The summed E-state index contributed by atoms with van der Waals surface area (Å²) in [7, 11) is 1.64. The van der Waals surface area contributed by atoms with E-state index in [1.54, 1.807) is 7.11 Å². The van der Waals surface area contributed by atoms with Crippen LogP contribution < -0.4 is 4.74 Å². The Hall–Kier alpha value is -0.990. The monoisotopic (exact) mass is 338 g/mol. The molecule has 0 bridgehead atoms. The molecule has 19 heavy (non-hydrogen) atoms. The molecule has 100 valence electrons. The fourth-order valence-electron chi connectivity index (χ4n) is 2.04. The summed E-state index contributed by atoms with van der Waals surface area (Å²) in [5.74, 6) is 0.773. The number of hydrogen-bond acceptors (Lipinski definition) is 1. The molecule has 0 aliphatic rings.